The molecule has 2 heterocycles. The van der Waals surface area contributed by atoms with Gasteiger partial charge in [-0.05, 0) is 36.2 Å². The molecule has 1 aromatic carbocycles. The number of nitrogens with zero attached hydrogens (tertiary/aromatic N) is 3. The lowest BCUT2D eigenvalue weighted by Gasteiger charge is -2.38. The maximum Gasteiger partial charge on any atom is 0.269 e. The van der Waals surface area contributed by atoms with Crippen molar-refractivity contribution in [3.63, 3.8) is 0 Å². The van der Waals surface area contributed by atoms with E-state index in [9.17, 15) is 14.9 Å². The zero-order valence-electron chi connectivity index (χ0n) is 13.9. The van der Waals surface area contributed by atoms with Gasteiger partial charge >= 0.3 is 0 Å². The molecular weight excluding hydrogens is 306 g/mol. The molecule has 3 rings (SSSR count). The minimum atomic E-state index is -0.407. The summed E-state index contributed by atoms with van der Waals surface area (Å²) < 4.78 is 2.15. The molecule has 1 aromatic heterocycles. The van der Waals surface area contributed by atoms with Crippen LogP contribution in [0.5, 0.6) is 0 Å². The average molecular weight is 327 g/mol. The van der Waals surface area contributed by atoms with Crippen LogP contribution in [-0.2, 0) is 11.3 Å². The molecule has 6 nitrogen and oxygen atoms in total. The van der Waals surface area contributed by atoms with E-state index >= 15 is 0 Å². The van der Waals surface area contributed by atoms with E-state index in [2.05, 4.69) is 4.57 Å². The Morgan fingerprint density at radius 1 is 1.29 bits per heavy atom. The Bertz CT molecular complexity index is 751. The van der Waals surface area contributed by atoms with Crippen molar-refractivity contribution in [1.29, 1.82) is 0 Å². The minimum absolute atomic E-state index is 0.0351. The molecule has 2 atom stereocenters. The molecule has 2 aromatic rings. The highest BCUT2D eigenvalue weighted by Gasteiger charge is 2.33. The summed E-state index contributed by atoms with van der Waals surface area (Å²) in [6, 6.07) is 10.3. The average Bonchev–Trinajstić information content (AvgIpc) is 3.08. The lowest BCUT2D eigenvalue weighted by atomic mass is 9.97. The number of carbonyl (C=O) groups is 1. The first-order valence-electron chi connectivity index (χ1n) is 8.22. The molecule has 1 aliphatic heterocycles. The van der Waals surface area contributed by atoms with Crippen molar-refractivity contribution in [2.45, 2.75) is 32.9 Å². The van der Waals surface area contributed by atoms with Crippen molar-refractivity contribution in [3.05, 3.63) is 64.0 Å². The normalized spacial score (nSPS) is 18.1. The van der Waals surface area contributed by atoms with Crippen LogP contribution < -0.4 is 0 Å². The van der Waals surface area contributed by atoms with E-state index in [1.165, 1.54) is 12.1 Å². The van der Waals surface area contributed by atoms with Crippen molar-refractivity contribution in [2.24, 2.45) is 5.92 Å². The molecule has 0 fully saturated rings. The first kappa shape index (κ1) is 16.2. The third-order valence-electron chi connectivity index (χ3n) is 4.77. The summed E-state index contributed by atoms with van der Waals surface area (Å²) in [7, 11) is 0. The summed E-state index contributed by atoms with van der Waals surface area (Å²) in [5.74, 6) is 0.0976. The van der Waals surface area contributed by atoms with E-state index in [-0.39, 0.29) is 23.6 Å². The predicted molar refractivity (Wildman–Crippen MR) is 90.5 cm³/mol. The fraction of sp³-hybridized carbons (Fsp3) is 0.389. The quantitative estimate of drug-likeness (QED) is 0.638. The van der Waals surface area contributed by atoms with Gasteiger partial charge in [0.05, 0.1) is 11.0 Å². The second kappa shape index (κ2) is 6.47. The van der Waals surface area contributed by atoms with Crippen LogP contribution in [0.3, 0.4) is 0 Å². The van der Waals surface area contributed by atoms with Crippen LogP contribution in [0.1, 0.15) is 37.6 Å². The van der Waals surface area contributed by atoms with Gasteiger partial charge in [0, 0.05) is 43.0 Å². The van der Waals surface area contributed by atoms with Gasteiger partial charge in [0.25, 0.3) is 5.69 Å². The van der Waals surface area contributed by atoms with Crippen molar-refractivity contribution in [3.8, 4) is 0 Å². The molecular formula is C18H21N3O3. The van der Waals surface area contributed by atoms with E-state index < -0.39 is 4.92 Å². The Morgan fingerprint density at radius 2 is 2.00 bits per heavy atom. The molecule has 0 spiro atoms. The predicted octanol–water partition coefficient (Wildman–Crippen LogP) is 3.37. The highest BCUT2D eigenvalue weighted by Crippen LogP contribution is 2.34. The highest BCUT2D eigenvalue weighted by molar-refractivity contribution is 5.79. The fourth-order valence-electron chi connectivity index (χ4n) is 3.21. The third-order valence-corrected chi connectivity index (χ3v) is 4.77. The van der Waals surface area contributed by atoms with Crippen molar-refractivity contribution >= 4 is 11.6 Å². The molecule has 0 saturated heterocycles. The molecule has 0 saturated carbocycles. The van der Waals surface area contributed by atoms with Crippen molar-refractivity contribution in [2.75, 3.05) is 6.54 Å². The number of carbonyl (C=O) groups excluding carboxylic acids is 1. The number of nitro groups is 1. The largest absolute Gasteiger partial charge is 0.348 e. The Morgan fingerprint density at radius 3 is 2.62 bits per heavy atom. The zero-order valence-corrected chi connectivity index (χ0v) is 13.9. The lowest BCUT2D eigenvalue weighted by molar-refractivity contribution is -0.384. The number of aromatic nitrogens is 1. The molecule has 6 heteroatoms. The first-order valence-corrected chi connectivity index (χ1v) is 8.22. The molecule has 0 radical (unpaired) electrons. The van der Waals surface area contributed by atoms with Gasteiger partial charge in [-0.15, -0.1) is 0 Å². The number of hydrogen-bond donors (Lipinski definition) is 0. The summed E-state index contributed by atoms with van der Waals surface area (Å²) in [5, 5.41) is 10.9. The van der Waals surface area contributed by atoms with Crippen LogP contribution in [0.2, 0.25) is 0 Å². The molecule has 0 N–H and O–H groups in total. The standard InChI is InChI=1S/C18H21N3O3/c1-3-13(2)18(22)20-12-11-19-10-4-5-16(19)17(20)14-6-8-15(9-7-14)21(23)24/h4-10,13,17H,3,11-12H2,1-2H3/t13-,17-/m1/s1. The fourth-order valence-corrected chi connectivity index (χ4v) is 3.21. The topological polar surface area (TPSA) is 68.4 Å². The number of nitro benzene ring substituents is 1. The van der Waals surface area contributed by atoms with Crippen molar-refractivity contribution in [1.82, 2.24) is 9.47 Å². The van der Waals surface area contributed by atoms with E-state index in [0.29, 0.717) is 6.54 Å². The zero-order chi connectivity index (χ0) is 17.3. The Kier molecular flexibility index (Phi) is 4.38. The van der Waals surface area contributed by atoms with E-state index in [1.54, 1.807) is 12.1 Å². The SMILES string of the molecule is CC[C@@H](C)C(=O)N1CCn2cccc2[C@H]1c1ccc([N+](=O)[O-])cc1. The maximum absolute atomic E-state index is 12.8. The van der Waals surface area contributed by atoms with Gasteiger partial charge in [-0.3, -0.25) is 14.9 Å². The van der Waals surface area contributed by atoms with Gasteiger partial charge in [0.1, 0.15) is 0 Å². The molecule has 0 bridgehead atoms. The molecule has 1 amide bonds. The molecule has 0 aliphatic carbocycles. The van der Waals surface area contributed by atoms with Gasteiger partial charge in [0.2, 0.25) is 5.91 Å². The van der Waals surface area contributed by atoms with Crippen LogP contribution in [0.15, 0.2) is 42.6 Å². The second-order valence-corrected chi connectivity index (χ2v) is 6.22. The van der Waals surface area contributed by atoms with E-state index in [1.807, 2.05) is 37.1 Å². The minimum Gasteiger partial charge on any atom is -0.348 e. The van der Waals surface area contributed by atoms with E-state index in [4.69, 9.17) is 0 Å². The lowest BCUT2D eigenvalue weighted by Crippen LogP contribution is -2.44. The number of non-ortho nitro benzene ring substituents is 1. The Balaban J connectivity index is 2.01. The first-order chi connectivity index (χ1) is 11.5. The van der Waals surface area contributed by atoms with Crippen LogP contribution in [0.25, 0.3) is 0 Å². The van der Waals surface area contributed by atoms with Crippen LogP contribution in [-0.4, -0.2) is 26.8 Å². The van der Waals surface area contributed by atoms with E-state index in [0.717, 1.165) is 24.2 Å². The van der Waals surface area contributed by atoms with Gasteiger partial charge in [-0.25, -0.2) is 0 Å². The van der Waals surface area contributed by atoms with Gasteiger partial charge in [-0.1, -0.05) is 13.8 Å². The number of amides is 1. The Hall–Kier alpha value is -2.63. The van der Waals surface area contributed by atoms with Crippen molar-refractivity contribution < 1.29 is 9.72 Å². The van der Waals surface area contributed by atoms with Crippen LogP contribution >= 0.6 is 0 Å². The highest BCUT2D eigenvalue weighted by atomic mass is 16.6. The molecule has 126 valence electrons. The van der Waals surface area contributed by atoms with Gasteiger partial charge < -0.3 is 9.47 Å². The number of fused-ring (bicyclic) bond motifs is 1. The summed E-state index contributed by atoms with van der Waals surface area (Å²) >= 11 is 0. The Labute approximate surface area is 140 Å². The third kappa shape index (κ3) is 2.79. The summed E-state index contributed by atoms with van der Waals surface area (Å²) in [6.45, 7) is 5.37. The summed E-state index contributed by atoms with van der Waals surface area (Å²) in [5.41, 5.74) is 2.01. The van der Waals surface area contributed by atoms with Crippen LogP contribution in [0, 0.1) is 16.0 Å². The summed E-state index contributed by atoms with van der Waals surface area (Å²) in [6.07, 6.45) is 2.81. The second-order valence-electron chi connectivity index (χ2n) is 6.22. The smallest absolute Gasteiger partial charge is 0.269 e. The maximum atomic E-state index is 12.8. The number of rotatable bonds is 4. The number of benzene rings is 1. The number of hydrogen-bond acceptors (Lipinski definition) is 3. The van der Waals surface area contributed by atoms with Gasteiger partial charge in [-0.2, -0.15) is 0 Å². The monoisotopic (exact) mass is 327 g/mol. The van der Waals surface area contributed by atoms with Crippen LogP contribution in [0.4, 0.5) is 5.69 Å². The molecule has 1 aliphatic rings. The molecule has 24 heavy (non-hydrogen) atoms. The molecule has 0 unspecified atom stereocenters. The summed E-state index contributed by atoms with van der Waals surface area (Å²) in [4.78, 5) is 25.2. The van der Waals surface area contributed by atoms with Gasteiger partial charge in [0.15, 0.2) is 0 Å².